The van der Waals surface area contributed by atoms with Gasteiger partial charge in [-0.2, -0.15) is 0 Å². The maximum absolute atomic E-state index is 4.64. The molecule has 0 radical (unpaired) electrons. The lowest BCUT2D eigenvalue weighted by Crippen LogP contribution is -2.32. The van der Waals surface area contributed by atoms with Crippen LogP contribution in [0.5, 0.6) is 0 Å². The summed E-state index contributed by atoms with van der Waals surface area (Å²) in [7, 11) is 0. The Bertz CT molecular complexity index is 855. The molecule has 3 aromatic rings. The minimum absolute atomic E-state index is 0.546. The van der Waals surface area contributed by atoms with E-state index in [0.29, 0.717) is 6.04 Å². The first kappa shape index (κ1) is 16.3. The minimum Gasteiger partial charge on any atom is -0.357 e. The second-order valence-corrected chi connectivity index (χ2v) is 8.83. The molecule has 1 saturated heterocycles. The molecule has 0 amide bonds. The Morgan fingerprint density at radius 1 is 1.15 bits per heavy atom. The molecule has 1 N–H and O–H groups in total. The summed E-state index contributed by atoms with van der Waals surface area (Å²) in [6.45, 7) is 5.60. The van der Waals surface area contributed by atoms with Crippen LogP contribution in [-0.4, -0.2) is 38.6 Å². The number of aromatic nitrogens is 3. The molecule has 0 bridgehead atoms. The summed E-state index contributed by atoms with van der Waals surface area (Å²) in [6.07, 6.45) is 5.83. The normalized spacial score (nSPS) is 26.3. The molecule has 1 saturated carbocycles. The van der Waals surface area contributed by atoms with Gasteiger partial charge < -0.3 is 5.32 Å². The first-order valence-electron chi connectivity index (χ1n) is 9.58. The van der Waals surface area contributed by atoms with E-state index in [9.17, 15) is 0 Å². The molecule has 5 rings (SSSR count). The number of imidazole rings is 1. The van der Waals surface area contributed by atoms with Crippen molar-refractivity contribution in [2.24, 2.45) is 11.8 Å². The van der Waals surface area contributed by atoms with E-state index in [1.165, 1.54) is 37.9 Å². The number of fused-ring (bicyclic) bond motifs is 2. The van der Waals surface area contributed by atoms with Crippen LogP contribution in [0, 0.1) is 18.8 Å². The van der Waals surface area contributed by atoms with Gasteiger partial charge in [-0.1, -0.05) is 41.7 Å². The molecular formula is C20H25N5S. The molecule has 3 heterocycles. The van der Waals surface area contributed by atoms with Crippen LogP contribution in [0.3, 0.4) is 0 Å². The summed E-state index contributed by atoms with van der Waals surface area (Å²) < 4.78 is 1.89. The summed E-state index contributed by atoms with van der Waals surface area (Å²) in [5.74, 6) is 1.68. The SMILES string of the molecule is Cc1cn2nc(NC3CC[C@@H]4CN(Cc5ccccc5)C[C@@H]4C3)sc2n1. The van der Waals surface area contributed by atoms with Crippen molar-refractivity contribution in [1.29, 1.82) is 0 Å². The minimum atomic E-state index is 0.546. The van der Waals surface area contributed by atoms with Gasteiger partial charge >= 0.3 is 0 Å². The van der Waals surface area contributed by atoms with Gasteiger partial charge in [-0.15, -0.1) is 5.10 Å². The first-order chi connectivity index (χ1) is 12.7. The summed E-state index contributed by atoms with van der Waals surface area (Å²) >= 11 is 1.66. The second kappa shape index (κ2) is 6.67. The highest BCUT2D eigenvalue weighted by atomic mass is 32.1. The lowest BCUT2D eigenvalue weighted by Gasteiger charge is -2.31. The van der Waals surface area contributed by atoms with Crippen molar-refractivity contribution >= 4 is 21.4 Å². The Morgan fingerprint density at radius 3 is 2.85 bits per heavy atom. The highest BCUT2D eigenvalue weighted by Crippen LogP contribution is 2.38. The third-order valence-corrected chi connectivity index (χ3v) is 6.72. The Kier molecular flexibility index (Phi) is 4.17. The number of benzene rings is 1. The summed E-state index contributed by atoms with van der Waals surface area (Å²) in [5.41, 5.74) is 2.46. The molecule has 1 aliphatic heterocycles. The molecule has 5 nitrogen and oxygen atoms in total. The zero-order valence-corrected chi connectivity index (χ0v) is 16.0. The van der Waals surface area contributed by atoms with E-state index in [-0.39, 0.29) is 0 Å². The van der Waals surface area contributed by atoms with E-state index in [1.807, 2.05) is 17.6 Å². The van der Waals surface area contributed by atoms with E-state index in [2.05, 4.69) is 50.6 Å². The van der Waals surface area contributed by atoms with Gasteiger partial charge in [-0.25, -0.2) is 9.50 Å². The van der Waals surface area contributed by atoms with E-state index >= 15 is 0 Å². The topological polar surface area (TPSA) is 45.5 Å². The van der Waals surface area contributed by atoms with Gasteiger partial charge in [-0.05, 0) is 43.6 Å². The number of anilines is 1. The highest BCUT2D eigenvalue weighted by Gasteiger charge is 2.37. The van der Waals surface area contributed by atoms with Gasteiger partial charge in [0.2, 0.25) is 10.1 Å². The predicted molar refractivity (Wildman–Crippen MR) is 106 cm³/mol. The van der Waals surface area contributed by atoms with Crippen LogP contribution in [0.2, 0.25) is 0 Å². The smallest absolute Gasteiger partial charge is 0.214 e. The number of aryl methyl sites for hydroxylation is 1. The third-order valence-electron chi connectivity index (χ3n) is 5.87. The zero-order valence-electron chi connectivity index (χ0n) is 15.1. The van der Waals surface area contributed by atoms with Crippen LogP contribution in [0.25, 0.3) is 4.96 Å². The fourth-order valence-corrected chi connectivity index (χ4v) is 5.58. The van der Waals surface area contributed by atoms with Gasteiger partial charge in [0.05, 0.1) is 11.9 Å². The number of likely N-dealkylation sites (tertiary alicyclic amines) is 1. The maximum Gasteiger partial charge on any atom is 0.214 e. The van der Waals surface area contributed by atoms with E-state index in [1.54, 1.807) is 11.3 Å². The van der Waals surface area contributed by atoms with Crippen LogP contribution in [0.1, 0.15) is 30.5 Å². The van der Waals surface area contributed by atoms with Gasteiger partial charge in [-0.3, -0.25) is 4.90 Å². The number of nitrogens with zero attached hydrogens (tertiary/aromatic N) is 4. The van der Waals surface area contributed by atoms with Crippen LogP contribution in [0.15, 0.2) is 36.5 Å². The molecule has 3 atom stereocenters. The molecule has 26 heavy (non-hydrogen) atoms. The van der Waals surface area contributed by atoms with E-state index in [4.69, 9.17) is 0 Å². The maximum atomic E-state index is 4.64. The van der Waals surface area contributed by atoms with Crippen LogP contribution < -0.4 is 5.32 Å². The molecular weight excluding hydrogens is 342 g/mol. The fraction of sp³-hybridized carbons (Fsp3) is 0.500. The van der Waals surface area contributed by atoms with Crippen LogP contribution in [0.4, 0.5) is 5.13 Å². The Morgan fingerprint density at radius 2 is 2.00 bits per heavy atom. The van der Waals surface area contributed by atoms with Gasteiger partial charge in [0, 0.05) is 25.7 Å². The standard InChI is InChI=1S/C20H25N5S/c1-14-10-25-20(21-14)26-19(23-25)22-18-8-7-16-12-24(13-17(16)9-18)11-15-5-3-2-4-6-15/h2-6,10,16-18H,7-9,11-13H2,1H3,(H,22,23)/t16-,17+,18?/m1/s1. The zero-order chi connectivity index (χ0) is 17.5. The molecule has 0 spiro atoms. The quantitative estimate of drug-likeness (QED) is 0.762. The lowest BCUT2D eigenvalue weighted by atomic mass is 9.79. The Labute approximate surface area is 158 Å². The van der Waals surface area contributed by atoms with Crippen molar-refractivity contribution in [1.82, 2.24) is 19.5 Å². The molecule has 2 aliphatic rings. The molecule has 1 unspecified atom stereocenters. The number of nitrogens with one attached hydrogen (secondary N) is 1. The van der Waals surface area contributed by atoms with Gasteiger partial charge in [0.25, 0.3) is 0 Å². The first-order valence-corrected chi connectivity index (χ1v) is 10.4. The highest BCUT2D eigenvalue weighted by molar-refractivity contribution is 7.20. The van der Waals surface area contributed by atoms with Crippen molar-refractivity contribution in [2.75, 3.05) is 18.4 Å². The monoisotopic (exact) mass is 367 g/mol. The third kappa shape index (κ3) is 3.23. The average molecular weight is 368 g/mol. The van der Waals surface area contributed by atoms with Crippen molar-refractivity contribution in [3.63, 3.8) is 0 Å². The van der Waals surface area contributed by atoms with Crippen molar-refractivity contribution in [3.05, 3.63) is 47.8 Å². The molecule has 136 valence electrons. The summed E-state index contributed by atoms with van der Waals surface area (Å²) in [5, 5.41) is 9.33. The van der Waals surface area contributed by atoms with Gasteiger partial charge in [0.1, 0.15) is 0 Å². The molecule has 2 fully saturated rings. The van der Waals surface area contributed by atoms with E-state index < -0.39 is 0 Å². The Hall–Kier alpha value is -1.92. The van der Waals surface area contributed by atoms with Crippen molar-refractivity contribution in [2.45, 2.75) is 38.8 Å². The number of hydrogen-bond donors (Lipinski definition) is 1. The van der Waals surface area contributed by atoms with Crippen molar-refractivity contribution < 1.29 is 0 Å². The van der Waals surface area contributed by atoms with E-state index in [0.717, 1.165) is 34.2 Å². The number of rotatable bonds is 4. The van der Waals surface area contributed by atoms with Crippen LogP contribution >= 0.6 is 11.3 Å². The fourth-order valence-electron chi connectivity index (χ4n) is 4.67. The molecule has 6 heteroatoms. The van der Waals surface area contributed by atoms with Gasteiger partial charge in [0.15, 0.2) is 0 Å². The lowest BCUT2D eigenvalue weighted by molar-refractivity contribution is 0.281. The molecule has 2 aromatic heterocycles. The molecule has 1 aliphatic carbocycles. The van der Waals surface area contributed by atoms with Crippen molar-refractivity contribution in [3.8, 4) is 0 Å². The average Bonchev–Trinajstić information content (AvgIpc) is 3.27. The summed E-state index contributed by atoms with van der Waals surface area (Å²) in [6, 6.07) is 11.4. The largest absolute Gasteiger partial charge is 0.357 e. The summed E-state index contributed by atoms with van der Waals surface area (Å²) in [4.78, 5) is 8.13. The Balaban J connectivity index is 1.20. The second-order valence-electron chi connectivity index (χ2n) is 7.87. The number of hydrogen-bond acceptors (Lipinski definition) is 5. The van der Waals surface area contributed by atoms with Crippen LogP contribution in [-0.2, 0) is 6.54 Å². The molecule has 1 aromatic carbocycles. The predicted octanol–water partition coefficient (Wildman–Crippen LogP) is 3.81.